The number of nitrogens with zero attached hydrogens (tertiary/aromatic N) is 2. The van der Waals surface area contributed by atoms with E-state index < -0.39 is 10.0 Å². The summed E-state index contributed by atoms with van der Waals surface area (Å²) in [5.74, 6) is -0.119. The van der Waals surface area contributed by atoms with Gasteiger partial charge in [-0.2, -0.15) is 4.31 Å². The molecule has 6 nitrogen and oxygen atoms in total. The lowest BCUT2D eigenvalue weighted by Crippen LogP contribution is -2.27. The lowest BCUT2D eigenvalue weighted by Gasteiger charge is -2.15. The van der Waals surface area contributed by atoms with Gasteiger partial charge in [0.1, 0.15) is 5.01 Å². The summed E-state index contributed by atoms with van der Waals surface area (Å²) in [6, 6.07) is 14.5. The molecule has 3 aromatic rings. The fourth-order valence-corrected chi connectivity index (χ4v) is 5.70. The van der Waals surface area contributed by atoms with Crippen LogP contribution in [0.3, 0.4) is 0 Å². The molecule has 2 heterocycles. The summed E-state index contributed by atoms with van der Waals surface area (Å²) >= 11 is 1.42. The van der Waals surface area contributed by atoms with E-state index in [-0.39, 0.29) is 12.3 Å². The first-order valence-corrected chi connectivity index (χ1v) is 12.2. The van der Waals surface area contributed by atoms with Crippen LogP contribution in [-0.4, -0.2) is 36.7 Å². The molecule has 4 rings (SSSR count). The molecule has 0 bridgehead atoms. The molecule has 1 saturated heterocycles. The largest absolute Gasteiger partial charge is 0.326 e. The SMILES string of the molecule is Cc1ccc(NC(=O)Cc2nc(-c3ccc(S(=O)(=O)N4CCCC4)cc3)cs2)cc1. The third-order valence-electron chi connectivity index (χ3n) is 5.05. The Morgan fingerprint density at radius 3 is 2.40 bits per heavy atom. The number of sulfonamides is 1. The van der Waals surface area contributed by atoms with Crippen LogP contribution in [0.2, 0.25) is 0 Å². The van der Waals surface area contributed by atoms with Crippen LogP contribution in [0.5, 0.6) is 0 Å². The second kappa shape index (κ2) is 8.67. The highest BCUT2D eigenvalue weighted by atomic mass is 32.2. The number of benzene rings is 2. The van der Waals surface area contributed by atoms with Crippen LogP contribution in [0.1, 0.15) is 23.4 Å². The summed E-state index contributed by atoms with van der Waals surface area (Å²) < 4.78 is 26.8. The summed E-state index contributed by atoms with van der Waals surface area (Å²) in [6.45, 7) is 3.17. The van der Waals surface area contributed by atoms with Crippen molar-refractivity contribution in [2.24, 2.45) is 0 Å². The van der Waals surface area contributed by atoms with E-state index in [4.69, 9.17) is 0 Å². The summed E-state index contributed by atoms with van der Waals surface area (Å²) in [7, 11) is -3.42. The van der Waals surface area contributed by atoms with E-state index >= 15 is 0 Å². The molecule has 1 amide bonds. The Morgan fingerprint density at radius 2 is 1.73 bits per heavy atom. The zero-order valence-corrected chi connectivity index (χ0v) is 18.3. The van der Waals surface area contributed by atoms with Crippen molar-refractivity contribution in [1.82, 2.24) is 9.29 Å². The second-order valence-corrected chi connectivity index (χ2v) is 10.2. The summed E-state index contributed by atoms with van der Waals surface area (Å²) in [5.41, 5.74) is 3.47. The zero-order chi connectivity index (χ0) is 21.1. The number of carbonyl (C=O) groups excluding carboxylic acids is 1. The quantitative estimate of drug-likeness (QED) is 0.625. The van der Waals surface area contributed by atoms with Crippen LogP contribution in [0.15, 0.2) is 58.8 Å². The Balaban J connectivity index is 1.42. The van der Waals surface area contributed by atoms with Gasteiger partial charge >= 0.3 is 0 Å². The maximum absolute atomic E-state index is 12.6. The number of hydrogen-bond acceptors (Lipinski definition) is 5. The number of hydrogen-bond donors (Lipinski definition) is 1. The van der Waals surface area contributed by atoms with Gasteiger partial charge < -0.3 is 5.32 Å². The summed E-state index contributed by atoms with van der Waals surface area (Å²) in [4.78, 5) is 17.1. The minimum atomic E-state index is -3.42. The molecule has 0 radical (unpaired) electrons. The highest BCUT2D eigenvalue weighted by Crippen LogP contribution is 2.26. The first-order valence-electron chi connectivity index (χ1n) is 9.83. The number of nitrogens with one attached hydrogen (secondary N) is 1. The molecule has 0 atom stereocenters. The summed E-state index contributed by atoms with van der Waals surface area (Å²) in [6.07, 6.45) is 2.02. The first kappa shape index (κ1) is 20.7. The molecule has 8 heteroatoms. The average molecular weight is 442 g/mol. The van der Waals surface area contributed by atoms with Crippen molar-refractivity contribution >= 4 is 33.0 Å². The Hall–Kier alpha value is -2.55. The standard InChI is InChI=1S/C22H23N3O3S2/c1-16-4-8-18(9-5-16)23-21(26)14-22-24-20(15-29-22)17-6-10-19(11-7-17)30(27,28)25-12-2-3-13-25/h4-11,15H,2-3,12-14H2,1H3,(H,23,26). The van der Waals surface area contributed by atoms with Crippen LogP contribution >= 0.6 is 11.3 Å². The zero-order valence-electron chi connectivity index (χ0n) is 16.7. The molecule has 30 heavy (non-hydrogen) atoms. The number of anilines is 1. The fourth-order valence-electron chi connectivity index (χ4n) is 3.38. The van der Waals surface area contributed by atoms with E-state index in [9.17, 15) is 13.2 Å². The van der Waals surface area contributed by atoms with Gasteiger partial charge in [-0.25, -0.2) is 13.4 Å². The van der Waals surface area contributed by atoms with E-state index in [0.717, 1.165) is 35.3 Å². The highest BCUT2D eigenvalue weighted by molar-refractivity contribution is 7.89. The van der Waals surface area contributed by atoms with Crippen molar-refractivity contribution in [3.8, 4) is 11.3 Å². The molecule has 2 aromatic carbocycles. The second-order valence-electron chi connectivity index (χ2n) is 7.35. The van der Waals surface area contributed by atoms with Crippen molar-refractivity contribution < 1.29 is 13.2 Å². The smallest absolute Gasteiger partial charge is 0.243 e. The number of carbonyl (C=O) groups is 1. The number of rotatable bonds is 6. The molecule has 0 spiro atoms. The summed E-state index contributed by atoms with van der Waals surface area (Å²) in [5, 5.41) is 5.47. The molecule has 0 unspecified atom stereocenters. The number of amides is 1. The van der Waals surface area contributed by atoms with E-state index in [2.05, 4.69) is 10.3 Å². The van der Waals surface area contributed by atoms with Gasteiger partial charge in [0.2, 0.25) is 15.9 Å². The average Bonchev–Trinajstić information content (AvgIpc) is 3.42. The van der Waals surface area contributed by atoms with E-state index in [1.807, 2.05) is 36.6 Å². The monoisotopic (exact) mass is 441 g/mol. The maximum Gasteiger partial charge on any atom is 0.243 e. The van der Waals surface area contributed by atoms with Crippen LogP contribution in [0.4, 0.5) is 5.69 Å². The normalized spacial score (nSPS) is 14.7. The van der Waals surface area contributed by atoms with Crippen LogP contribution < -0.4 is 5.32 Å². The van der Waals surface area contributed by atoms with Crippen LogP contribution in [-0.2, 0) is 21.2 Å². The predicted octanol–water partition coefficient (Wildman–Crippen LogP) is 4.08. The van der Waals surface area contributed by atoms with Crippen molar-refractivity contribution in [2.75, 3.05) is 18.4 Å². The van der Waals surface area contributed by atoms with E-state index in [1.165, 1.54) is 15.6 Å². The highest BCUT2D eigenvalue weighted by Gasteiger charge is 2.27. The minimum absolute atomic E-state index is 0.119. The van der Waals surface area contributed by atoms with Gasteiger partial charge in [-0.1, -0.05) is 29.8 Å². The molecule has 1 aromatic heterocycles. The Bertz CT molecular complexity index is 1130. The Morgan fingerprint density at radius 1 is 1.07 bits per heavy atom. The lowest BCUT2D eigenvalue weighted by atomic mass is 10.2. The predicted molar refractivity (Wildman–Crippen MR) is 119 cm³/mol. The molecule has 1 aliphatic heterocycles. The number of thiazole rings is 1. The van der Waals surface area contributed by atoms with Crippen molar-refractivity contribution in [3.05, 3.63) is 64.5 Å². The minimum Gasteiger partial charge on any atom is -0.326 e. The fraction of sp³-hybridized carbons (Fsp3) is 0.273. The Kier molecular flexibility index (Phi) is 5.99. The molecular weight excluding hydrogens is 418 g/mol. The molecule has 1 aliphatic rings. The van der Waals surface area contributed by atoms with Gasteiger partial charge in [0.05, 0.1) is 17.0 Å². The van der Waals surface area contributed by atoms with Crippen molar-refractivity contribution in [1.29, 1.82) is 0 Å². The van der Waals surface area contributed by atoms with Crippen LogP contribution in [0.25, 0.3) is 11.3 Å². The van der Waals surface area contributed by atoms with Gasteiger partial charge in [0.25, 0.3) is 0 Å². The van der Waals surface area contributed by atoms with Gasteiger partial charge in [-0.3, -0.25) is 4.79 Å². The van der Waals surface area contributed by atoms with Crippen LogP contribution in [0, 0.1) is 6.92 Å². The molecule has 1 N–H and O–H groups in total. The van der Waals surface area contributed by atoms with Gasteiger partial charge in [0.15, 0.2) is 0 Å². The molecule has 1 fully saturated rings. The molecule has 0 saturated carbocycles. The molecule has 0 aliphatic carbocycles. The first-order chi connectivity index (χ1) is 14.4. The molecular formula is C22H23N3O3S2. The third-order valence-corrected chi connectivity index (χ3v) is 7.81. The number of aromatic nitrogens is 1. The van der Waals surface area contributed by atoms with Gasteiger partial charge in [-0.15, -0.1) is 11.3 Å². The maximum atomic E-state index is 12.6. The van der Waals surface area contributed by atoms with E-state index in [0.29, 0.717) is 23.0 Å². The number of aryl methyl sites for hydroxylation is 1. The van der Waals surface area contributed by atoms with Crippen molar-refractivity contribution in [3.63, 3.8) is 0 Å². The van der Waals surface area contributed by atoms with E-state index in [1.54, 1.807) is 24.3 Å². The topological polar surface area (TPSA) is 79.4 Å². The molecule has 156 valence electrons. The Labute approximate surface area is 180 Å². The van der Waals surface area contributed by atoms with Gasteiger partial charge in [0, 0.05) is 29.7 Å². The third kappa shape index (κ3) is 4.61. The van der Waals surface area contributed by atoms with Gasteiger partial charge in [-0.05, 0) is 44.0 Å². The van der Waals surface area contributed by atoms with Crippen molar-refractivity contribution in [2.45, 2.75) is 31.1 Å². The lowest BCUT2D eigenvalue weighted by molar-refractivity contribution is -0.115.